The van der Waals surface area contributed by atoms with E-state index in [9.17, 15) is 19.2 Å². The van der Waals surface area contributed by atoms with Gasteiger partial charge in [-0.2, -0.15) is 0 Å². The van der Waals surface area contributed by atoms with Gasteiger partial charge in [-0.25, -0.2) is 4.79 Å². The largest absolute Gasteiger partial charge is 0.481 e. The van der Waals surface area contributed by atoms with Crippen molar-refractivity contribution >= 4 is 22.8 Å². The number of aryl methyl sites for hydroxylation is 1. The Morgan fingerprint density at radius 3 is 2.61 bits per heavy atom. The number of carbonyl (C=O) groups is 2. The van der Waals surface area contributed by atoms with Crippen LogP contribution in [0.2, 0.25) is 0 Å². The van der Waals surface area contributed by atoms with Crippen LogP contribution < -0.4 is 16.6 Å². The lowest BCUT2D eigenvalue weighted by Crippen LogP contribution is -2.43. The number of aromatic nitrogens is 2. The molecule has 0 aliphatic heterocycles. The van der Waals surface area contributed by atoms with Crippen molar-refractivity contribution in [1.29, 1.82) is 0 Å². The first kappa shape index (κ1) is 16.5. The van der Waals surface area contributed by atoms with Crippen LogP contribution in [0.15, 0.2) is 33.9 Å². The summed E-state index contributed by atoms with van der Waals surface area (Å²) >= 11 is 0. The van der Waals surface area contributed by atoms with Crippen molar-refractivity contribution in [2.45, 2.75) is 19.4 Å². The van der Waals surface area contributed by atoms with Crippen molar-refractivity contribution < 1.29 is 14.7 Å². The summed E-state index contributed by atoms with van der Waals surface area (Å²) < 4.78 is 2.18. The number of nitrogens with zero attached hydrogens (tertiary/aromatic N) is 2. The molecule has 2 N–H and O–H groups in total. The molecule has 0 bridgehead atoms. The summed E-state index contributed by atoms with van der Waals surface area (Å²) in [7, 11) is 1.53. The average Bonchev–Trinajstić information content (AvgIpc) is 2.53. The van der Waals surface area contributed by atoms with Crippen LogP contribution in [0, 0.1) is 0 Å². The zero-order valence-corrected chi connectivity index (χ0v) is 12.6. The molecule has 8 nitrogen and oxygen atoms in total. The number of amides is 1. The lowest BCUT2D eigenvalue weighted by Gasteiger charge is -2.10. The van der Waals surface area contributed by atoms with Crippen LogP contribution in [0.5, 0.6) is 0 Å². The van der Waals surface area contributed by atoms with Crippen molar-refractivity contribution in [2.24, 2.45) is 7.05 Å². The lowest BCUT2D eigenvalue weighted by atomic mass is 10.2. The molecule has 122 valence electrons. The molecule has 1 aromatic carbocycles. The van der Waals surface area contributed by atoms with E-state index in [4.69, 9.17) is 5.11 Å². The Morgan fingerprint density at radius 2 is 1.91 bits per heavy atom. The quantitative estimate of drug-likeness (QED) is 0.709. The van der Waals surface area contributed by atoms with Crippen LogP contribution >= 0.6 is 0 Å². The van der Waals surface area contributed by atoms with Gasteiger partial charge in [0.1, 0.15) is 6.54 Å². The molecule has 0 atom stereocenters. The maximum atomic E-state index is 12.3. The summed E-state index contributed by atoms with van der Waals surface area (Å²) in [5, 5.41) is 11.4. The van der Waals surface area contributed by atoms with Crippen LogP contribution in [0.3, 0.4) is 0 Å². The molecule has 0 aliphatic rings. The minimum atomic E-state index is -0.945. The third-order valence-electron chi connectivity index (χ3n) is 3.45. The number of nitrogens with one attached hydrogen (secondary N) is 1. The van der Waals surface area contributed by atoms with Gasteiger partial charge < -0.3 is 10.4 Å². The van der Waals surface area contributed by atoms with Gasteiger partial charge in [0.2, 0.25) is 5.91 Å². The first-order valence-corrected chi connectivity index (χ1v) is 7.09. The van der Waals surface area contributed by atoms with Crippen LogP contribution in [-0.4, -0.2) is 32.7 Å². The zero-order chi connectivity index (χ0) is 17.0. The fourth-order valence-electron chi connectivity index (χ4n) is 2.27. The molecule has 23 heavy (non-hydrogen) atoms. The third-order valence-corrected chi connectivity index (χ3v) is 3.45. The van der Waals surface area contributed by atoms with Crippen LogP contribution in [-0.2, 0) is 23.2 Å². The molecule has 1 amide bonds. The van der Waals surface area contributed by atoms with E-state index in [1.807, 2.05) is 0 Å². The van der Waals surface area contributed by atoms with E-state index in [0.717, 1.165) is 4.57 Å². The number of hydrogen-bond acceptors (Lipinski definition) is 4. The second-order valence-corrected chi connectivity index (χ2v) is 5.10. The first-order valence-electron chi connectivity index (χ1n) is 7.09. The van der Waals surface area contributed by atoms with Gasteiger partial charge in [0.05, 0.1) is 10.9 Å². The molecule has 0 fully saturated rings. The average molecular weight is 319 g/mol. The number of carboxylic acids is 1. The molecule has 0 saturated heterocycles. The fourth-order valence-corrected chi connectivity index (χ4v) is 2.27. The highest BCUT2D eigenvalue weighted by Gasteiger charge is 2.13. The molecule has 2 rings (SSSR count). The van der Waals surface area contributed by atoms with E-state index in [0.29, 0.717) is 10.9 Å². The Morgan fingerprint density at radius 1 is 1.22 bits per heavy atom. The van der Waals surface area contributed by atoms with Crippen LogP contribution in [0.25, 0.3) is 10.9 Å². The smallest absolute Gasteiger partial charge is 0.331 e. The minimum Gasteiger partial charge on any atom is -0.481 e. The lowest BCUT2D eigenvalue weighted by molar-refractivity contribution is -0.137. The van der Waals surface area contributed by atoms with Gasteiger partial charge in [-0.3, -0.25) is 23.5 Å². The molecule has 1 aromatic heterocycles. The number of hydrogen-bond donors (Lipinski definition) is 2. The Labute approximate surface area is 131 Å². The maximum absolute atomic E-state index is 12.3. The Kier molecular flexibility index (Phi) is 4.95. The highest BCUT2D eigenvalue weighted by Crippen LogP contribution is 2.05. The maximum Gasteiger partial charge on any atom is 0.331 e. The Balaban J connectivity index is 2.20. The van der Waals surface area contributed by atoms with E-state index < -0.39 is 29.7 Å². The number of benzene rings is 1. The molecule has 8 heteroatoms. The number of carboxylic acid groups (broad SMARTS) is 1. The topological polar surface area (TPSA) is 110 Å². The second kappa shape index (κ2) is 6.91. The van der Waals surface area contributed by atoms with Crippen molar-refractivity contribution in [3.05, 3.63) is 45.1 Å². The first-order chi connectivity index (χ1) is 10.9. The van der Waals surface area contributed by atoms with Gasteiger partial charge in [0.15, 0.2) is 0 Å². The SMILES string of the molecule is Cn1c(=O)n(CC(=O)NCCCC(=O)O)c(=O)c2ccccc21. The van der Waals surface area contributed by atoms with Gasteiger partial charge in [-0.15, -0.1) is 0 Å². The van der Waals surface area contributed by atoms with E-state index in [-0.39, 0.29) is 19.4 Å². The van der Waals surface area contributed by atoms with Gasteiger partial charge in [-0.1, -0.05) is 12.1 Å². The summed E-state index contributed by atoms with van der Waals surface area (Å²) in [5.41, 5.74) is -0.598. The van der Waals surface area contributed by atoms with Gasteiger partial charge in [-0.05, 0) is 18.6 Å². The Bertz CT molecular complexity index is 866. The molecule has 1 heterocycles. The van der Waals surface area contributed by atoms with Crippen molar-refractivity contribution in [3.8, 4) is 0 Å². The van der Waals surface area contributed by atoms with Crippen molar-refractivity contribution in [2.75, 3.05) is 6.54 Å². The molecular weight excluding hydrogens is 302 g/mol. The summed E-state index contributed by atoms with van der Waals surface area (Å²) in [6, 6.07) is 6.66. The van der Waals surface area contributed by atoms with E-state index in [1.54, 1.807) is 24.3 Å². The number of fused-ring (bicyclic) bond motifs is 1. The summed E-state index contributed by atoms with van der Waals surface area (Å²) in [4.78, 5) is 46.8. The van der Waals surface area contributed by atoms with E-state index in [2.05, 4.69) is 5.32 Å². The molecular formula is C15H17N3O5. The predicted octanol–water partition coefficient (Wildman–Crippen LogP) is -0.319. The normalized spacial score (nSPS) is 10.7. The highest BCUT2D eigenvalue weighted by atomic mass is 16.4. The third kappa shape index (κ3) is 3.65. The predicted molar refractivity (Wildman–Crippen MR) is 83.3 cm³/mol. The van der Waals surface area contributed by atoms with Crippen molar-refractivity contribution in [1.82, 2.24) is 14.5 Å². The number of aliphatic carboxylic acids is 1. The summed E-state index contributed by atoms with van der Waals surface area (Å²) in [5.74, 6) is -1.45. The van der Waals surface area contributed by atoms with E-state index in [1.165, 1.54) is 11.6 Å². The van der Waals surface area contributed by atoms with Crippen LogP contribution in [0.4, 0.5) is 0 Å². The second-order valence-electron chi connectivity index (χ2n) is 5.10. The highest BCUT2D eigenvalue weighted by molar-refractivity contribution is 5.79. The molecule has 0 spiro atoms. The number of para-hydroxylation sites is 1. The number of carbonyl (C=O) groups excluding carboxylic acids is 1. The van der Waals surface area contributed by atoms with E-state index >= 15 is 0 Å². The molecule has 0 saturated carbocycles. The monoisotopic (exact) mass is 319 g/mol. The summed E-state index contributed by atoms with van der Waals surface area (Å²) in [6.07, 6.45) is 0.226. The summed E-state index contributed by atoms with van der Waals surface area (Å²) in [6.45, 7) is -0.225. The molecule has 0 unspecified atom stereocenters. The minimum absolute atomic E-state index is 0.0576. The molecule has 0 radical (unpaired) electrons. The molecule has 2 aromatic rings. The fraction of sp³-hybridized carbons (Fsp3) is 0.333. The molecule has 0 aliphatic carbocycles. The standard InChI is InChI=1S/C15H17N3O5/c1-17-11-6-3-2-5-10(11)14(22)18(15(17)23)9-12(19)16-8-4-7-13(20)21/h2-3,5-6H,4,7-9H2,1H3,(H,16,19)(H,20,21). The van der Waals surface area contributed by atoms with Gasteiger partial charge >= 0.3 is 11.7 Å². The van der Waals surface area contributed by atoms with Gasteiger partial charge in [0.25, 0.3) is 5.56 Å². The number of rotatable bonds is 6. The van der Waals surface area contributed by atoms with Crippen LogP contribution in [0.1, 0.15) is 12.8 Å². The Hall–Kier alpha value is -2.90. The van der Waals surface area contributed by atoms with Crippen molar-refractivity contribution in [3.63, 3.8) is 0 Å². The van der Waals surface area contributed by atoms with Gasteiger partial charge in [0, 0.05) is 20.0 Å². The zero-order valence-electron chi connectivity index (χ0n) is 12.6.